The molecule has 0 N–H and O–H groups in total. The van der Waals surface area contributed by atoms with Crippen LogP contribution in [0.4, 0.5) is 5.69 Å². The Morgan fingerprint density at radius 3 is 2.11 bits per heavy atom. The third kappa shape index (κ3) is 2.42. The fraction of sp³-hybridized carbons (Fsp3) is 0.167. The number of benzene rings is 1. The van der Waals surface area contributed by atoms with Gasteiger partial charge in [0, 0.05) is 30.8 Å². The summed E-state index contributed by atoms with van der Waals surface area (Å²) in [5, 5.41) is 10.5. The van der Waals surface area contributed by atoms with Gasteiger partial charge < -0.3 is 0 Å². The summed E-state index contributed by atoms with van der Waals surface area (Å²) in [5.41, 5.74) is 0.863. The third-order valence-corrected chi connectivity index (χ3v) is 2.67. The van der Waals surface area contributed by atoms with Crippen molar-refractivity contribution < 1.29 is 14.5 Å². The number of nitro groups is 1. The second kappa shape index (κ2) is 4.79. The molecule has 0 saturated heterocycles. The lowest BCUT2D eigenvalue weighted by atomic mass is 10.1. The number of non-ortho nitro benzene ring substituents is 1. The van der Waals surface area contributed by atoms with Gasteiger partial charge in [0.2, 0.25) is 0 Å². The van der Waals surface area contributed by atoms with Crippen molar-refractivity contribution in [1.29, 1.82) is 0 Å². The van der Waals surface area contributed by atoms with E-state index >= 15 is 0 Å². The van der Waals surface area contributed by atoms with Gasteiger partial charge in [0.1, 0.15) is 0 Å². The van der Waals surface area contributed by atoms with E-state index in [0.717, 1.165) is 10.5 Å². The Balaban J connectivity index is 1.96. The van der Waals surface area contributed by atoms with Gasteiger partial charge in [0.15, 0.2) is 0 Å². The predicted octanol–water partition coefficient (Wildman–Crippen LogP) is 1.06. The van der Waals surface area contributed by atoms with Gasteiger partial charge in [-0.25, -0.2) is 0 Å². The van der Waals surface area contributed by atoms with Crippen LogP contribution in [0.25, 0.3) is 0 Å². The second-order valence-electron chi connectivity index (χ2n) is 3.84. The molecule has 0 aliphatic carbocycles. The number of carbonyl (C=O) groups is 2. The van der Waals surface area contributed by atoms with Gasteiger partial charge in [-0.15, -0.1) is 0 Å². The van der Waals surface area contributed by atoms with Crippen molar-refractivity contribution in [3.63, 3.8) is 0 Å². The summed E-state index contributed by atoms with van der Waals surface area (Å²) in [6.07, 6.45) is 2.95. The highest BCUT2D eigenvalue weighted by Gasteiger charge is 2.22. The van der Waals surface area contributed by atoms with Gasteiger partial charge in [-0.2, -0.15) is 0 Å². The molecule has 1 aromatic rings. The van der Waals surface area contributed by atoms with E-state index in [1.807, 2.05) is 0 Å². The van der Waals surface area contributed by atoms with E-state index in [1.165, 1.54) is 24.3 Å². The van der Waals surface area contributed by atoms with Crippen LogP contribution in [0.1, 0.15) is 5.56 Å². The van der Waals surface area contributed by atoms with Gasteiger partial charge in [-0.3, -0.25) is 24.6 Å². The van der Waals surface area contributed by atoms with Crippen molar-refractivity contribution in [1.82, 2.24) is 4.90 Å². The zero-order valence-electron chi connectivity index (χ0n) is 9.41. The Hall–Kier alpha value is -2.50. The molecule has 1 aromatic carbocycles. The fourth-order valence-electron chi connectivity index (χ4n) is 1.68. The number of hydrogen-bond donors (Lipinski definition) is 0. The zero-order chi connectivity index (χ0) is 13.1. The molecule has 1 heterocycles. The summed E-state index contributed by atoms with van der Waals surface area (Å²) in [4.78, 5) is 33.7. The molecule has 0 atom stereocenters. The van der Waals surface area contributed by atoms with Gasteiger partial charge in [0.25, 0.3) is 17.5 Å². The highest BCUT2D eigenvalue weighted by molar-refractivity contribution is 6.12. The summed E-state index contributed by atoms with van der Waals surface area (Å²) in [6, 6.07) is 6.05. The van der Waals surface area contributed by atoms with E-state index in [9.17, 15) is 19.7 Å². The molecule has 0 fully saturated rings. The maximum atomic E-state index is 11.3. The Labute approximate surface area is 103 Å². The Morgan fingerprint density at radius 2 is 1.61 bits per heavy atom. The molecule has 0 unspecified atom stereocenters. The molecular weight excluding hydrogens is 236 g/mol. The number of nitro benzene ring substituents is 1. The highest BCUT2D eigenvalue weighted by Crippen LogP contribution is 2.13. The van der Waals surface area contributed by atoms with E-state index in [2.05, 4.69) is 0 Å². The molecule has 6 nitrogen and oxygen atoms in total. The molecule has 0 aromatic heterocycles. The minimum absolute atomic E-state index is 0.0220. The van der Waals surface area contributed by atoms with Crippen LogP contribution < -0.4 is 0 Å². The standard InChI is InChI=1S/C12H10N2O4/c15-11-5-6-12(16)13(11)8-7-9-1-3-10(4-2-9)14(17)18/h1-6H,7-8H2. The van der Waals surface area contributed by atoms with Crippen LogP contribution in [0.15, 0.2) is 36.4 Å². The van der Waals surface area contributed by atoms with E-state index in [1.54, 1.807) is 12.1 Å². The van der Waals surface area contributed by atoms with Crippen LogP contribution in [0.5, 0.6) is 0 Å². The van der Waals surface area contributed by atoms with Crippen LogP contribution in [0.2, 0.25) is 0 Å². The number of rotatable bonds is 4. The molecule has 0 saturated carbocycles. The van der Waals surface area contributed by atoms with Gasteiger partial charge in [0.05, 0.1) is 4.92 Å². The lowest BCUT2D eigenvalue weighted by molar-refractivity contribution is -0.384. The van der Waals surface area contributed by atoms with Crippen LogP contribution in [0, 0.1) is 10.1 Å². The summed E-state index contributed by atoms with van der Waals surface area (Å²) < 4.78 is 0. The number of hydrogen-bond acceptors (Lipinski definition) is 4. The first kappa shape index (κ1) is 12.0. The van der Waals surface area contributed by atoms with E-state index in [-0.39, 0.29) is 24.0 Å². The minimum atomic E-state index is -0.471. The molecule has 6 heteroatoms. The van der Waals surface area contributed by atoms with Crippen molar-refractivity contribution in [2.75, 3.05) is 6.54 Å². The average molecular weight is 246 g/mol. The first-order valence-corrected chi connectivity index (χ1v) is 5.35. The van der Waals surface area contributed by atoms with Crippen molar-refractivity contribution in [3.8, 4) is 0 Å². The minimum Gasteiger partial charge on any atom is -0.275 e. The molecule has 0 spiro atoms. The molecule has 0 radical (unpaired) electrons. The normalized spacial score (nSPS) is 14.3. The zero-order valence-corrected chi connectivity index (χ0v) is 9.41. The molecule has 2 amide bonds. The number of amides is 2. The molecular formula is C12H10N2O4. The predicted molar refractivity (Wildman–Crippen MR) is 62.7 cm³/mol. The molecule has 92 valence electrons. The van der Waals surface area contributed by atoms with Crippen LogP contribution in [0.3, 0.4) is 0 Å². The maximum absolute atomic E-state index is 11.3. The topological polar surface area (TPSA) is 80.5 Å². The summed E-state index contributed by atoms with van der Waals surface area (Å²) in [5.74, 6) is -0.635. The summed E-state index contributed by atoms with van der Waals surface area (Å²) >= 11 is 0. The molecule has 1 aliphatic heterocycles. The molecule has 0 bridgehead atoms. The fourth-order valence-corrected chi connectivity index (χ4v) is 1.68. The first-order chi connectivity index (χ1) is 8.58. The van der Waals surface area contributed by atoms with E-state index < -0.39 is 4.92 Å². The summed E-state index contributed by atoms with van der Waals surface area (Å²) in [6.45, 7) is 0.280. The monoisotopic (exact) mass is 246 g/mol. The van der Waals surface area contributed by atoms with Crippen molar-refractivity contribution >= 4 is 17.5 Å². The van der Waals surface area contributed by atoms with Crippen molar-refractivity contribution in [2.45, 2.75) is 6.42 Å². The van der Waals surface area contributed by atoms with Crippen LogP contribution in [-0.2, 0) is 16.0 Å². The number of nitrogens with zero attached hydrogens (tertiary/aromatic N) is 2. The van der Waals surface area contributed by atoms with Gasteiger partial charge >= 0.3 is 0 Å². The SMILES string of the molecule is O=C1C=CC(=O)N1CCc1ccc([N+](=O)[O-])cc1. The second-order valence-corrected chi connectivity index (χ2v) is 3.84. The summed E-state index contributed by atoms with van der Waals surface area (Å²) in [7, 11) is 0. The van der Waals surface area contributed by atoms with Crippen molar-refractivity contribution in [3.05, 3.63) is 52.1 Å². The molecule has 18 heavy (non-hydrogen) atoms. The Morgan fingerprint density at radius 1 is 1.06 bits per heavy atom. The number of imide groups is 1. The molecule has 1 aliphatic rings. The Kier molecular flexibility index (Phi) is 3.18. The van der Waals surface area contributed by atoms with E-state index in [0.29, 0.717) is 6.42 Å². The third-order valence-electron chi connectivity index (χ3n) is 2.67. The Bertz CT molecular complexity index is 516. The van der Waals surface area contributed by atoms with Crippen LogP contribution in [-0.4, -0.2) is 28.2 Å². The van der Waals surface area contributed by atoms with Gasteiger partial charge in [-0.05, 0) is 12.0 Å². The van der Waals surface area contributed by atoms with Gasteiger partial charge in [-0.1, -0.05) is 12.1 Å². The smallest absolute Gasteiger partial charge is 0.269 e. The maximum Gasteiger partial charge on any atom is 0.269 e. The highest BCUT2D eigenvalue weighted by atomic mass is 16.6. The van der Waals surface area contributed by atoms with Crippen LogP contribution >= 0.6 is 0 Å². The quantitative estimate of drug-likeness (QED) is 0.452. The van der Waals surface area contributed by atoms with Crippen molar-refractivity contribution in [2.24, 2.45) is 0 Å². The lowest BCUT2D eigenvalue weighted by Crippen LogP contribution is -2.31. The lowest BCUT2D eigenvalue weighted by Gasteiger charge is -2.13. The number of carbonyl (C=O) groups excluding carboxylic acids is 2. The first-order valence-electron chi connectivity index (χ1n) is 5.35. The average Bonchev–Trinajstić information content (AvgIpc) is 2.67. The molecule has 2 rings (SSSR count). The largest absolute Gasteiger partial charge is 0.275 e. The van der Waals surface area contributed by atoms with E-state index in [4.69, 9.17) is 0 Å².